The molecule has 0 saturated carbocycles. The number of aromatic nitrogens is 2. The molecule has 0 spiro atoms. The highest BCUT2D eigenvalue weighted by atomic mass is 15.2. The Morgan fingerprint density at radius 3 is 2.41 bits per heavy atom. The van der Waals surface area contributed by atoms with E-state index in [1.165, 1.54) is 85.5 Å². The van der Waals surface area contributed by atoms with Gasteiger partial charge in [0.15, 0.2) is 0 Å². The third kappa shape index (κ3) is 4.50. The van der Waals surface area contributed by atoms with Gasteiger partial charge in [-0.05, 0) is 141 Å². The predicted molar refractivity (Wildman–Crippen MR) is 212 cm³/mol. The average molecular weight is 662 g/mol. The first-order valence-corrected chi connectivity index (χ1v) is 19.3. The van der Waals surface area contributed by atoms with Crippen molar-refractivity contribution in [2.45, 2.75) is 70.3 Å². The third-order valence-corrected chi connectivity index (χ3v) is 12.5. The summed E-state index contributed by atoms with van der Waals surface area (Å²) in [4.78, 5) is 2.70. The van der Waals surface area contributed by atoms with Gasteiger partial charge in [-0.25, -0.2) is 0 Å². The molecule has 3 heteroatoms. The molecule has 1 aliphatic heterocycles. The van der Waals surface area contributed by atoms with Crippen molar-refractivity contribution in [3.8, 4) is 5.69 Å². The molecule has 250 valence electrons. The maximum absolute atomic E-state index is 2.70. The zero-order valence-corrected chi connectivity index (χ0v) is 29.2. The summed E-state index contributed by atoms with van der Waals surface area (Å²) in [6.07, 6.45) is 33.0. The van der Waals surface area contributed by atoms with Crippen molar-refractivity contribution in [2.24, 2.45) is 5.92 Å². The van der Waals surface area contributed by atoms with Crippen molar-refractivity contribution in [3.63, 3.8) is 0 Å². The molecular formula is C48H43N3. The summed E-state index contributed by atoms with van der Waals surface area (Å²) in [5.74, 6) is 0.391. The van der Waals surface area contributed by atoms with E-state index in [1.54, 1.807) is 11.1 Å². The number of fused-ring (bicyclic) bond motifs is 8. The van der Waals surface area contributed by atoms with Crippen LogP contribution in [0.3, 0.4) is 0 Å². The van der Waals surface area contributed by atoms with E-state index >= 15 is 0 Å². The standard InChI is InChI=1S/C48H43N3/c1-3-13-34(14-4-1)49-44-21-11-8-18-38(44)41-29-32(23-27-46(41)49)33-24-28-47-42(30-33)39-19-9-12-22-45(39)51(47)36-25-26-40-37-17-7-10-20-43(37)50(48(40)31-36)35-15-5-2-6-16-35/h1-3,5-6,8-11,15-16,18-21,23-24,27-29,31,34,42H,4,7,12-14,17,22,25-26,30H2. The molecular weight excluding hydrogens is 619 g/mol. The molecule has 0 bridgehead atoms. The van der Waals surface area contributed by atoms with Crippen LogP contribution in [-0.4, -0.2) is 14.0 Å². The number of para-hydroxylation sites is 2. The third-order valence-electron chi connectivity index (χ3n) is 12.5. The van der Waals surface area contributed by atoms with Crippen molar-refractivity contribution in [3.05, 3.63) is 166 Å². The second kappa shape index (κ2) is 11.6. The monoisotopic (exact) mass is 661 g/mol. The van der Waals surface area contributed by atoms with Crippen LogP contribution in [0.2, 0.25) is 0 Å². The van der Waals surface area contributed by atoms with E-state index in [-0.39, 0.29) is 0 Å². The lowest BCUT2D eigenvalue weighted by molar-refractivity contribution is 0.475. The van der Waals surface area contributed by atoms with E-state index in [0.29, 0.717) is 12.0 Å². The highest BCUT2D eigenvalue weighted by molar-refractivity contribution is 6.09. The average Bonchev–Trinajstić information content (AvgIpc) is 3.83. The Kier molecular flexibility index (Phi) is 6.72. The predicted octanol–water partition coefficient (Wildman–Crippen LogP) is 12.0. The number of rotatable bonds is 4. The molecule has 51 heavy (non-hydrogen) atoms. The first-order chi connectivity index (χ1) is 25.3. The molecule has 2 atom stereocenters. The Morgan fingerprint density at radius 2 is 1.49 bits per heavy atom. The molecule has 0 fully saturated rings. The summed E-state index contributed by atoms with van der Waals surface area (Å²) in [6.45, 7) is 0. The van der Waals surface area contributed by atoms with Crippen molar-refractivity contribution in [1.29, 1.82) is 0 Å². The maximum atomic E-state index is 2.70. The van der Waals surface area contributed by atoms with Crippen molar-refractivity contribution >= 4 is 39.5 Å². The Hall–Kier alpha value is -5.28. The minimum absolute atomic E-state index is 0.391. The Bertz CT molecular complexity index is 2480. The zero-order chi connectivity index (χ0) is 33.5. The van der Waals surface area contributed by atoms with E-state index in [1.807, 2.05) is 0 Å². The fourth-order valence-corrected chi connectivity index (χ4v) is 10.3. The Morgan fingerprint density at radius 1 is 0.647 bits per heavy atom. The first-order valence-electron chi connectivity index (χ1n) is 19.3. The van der Waals surface area contributed by atoms with Gasteiger partial charge in [-0.3, -0.25) is 0 Å². The van der Waals surface area contributed by atoms with E-state index in [9.17, 15) is 0 Å². The second-order valence-electron chi connectivity index (χ2n) is 15.3. The smallest absolute Gasteiger partial charge is 0.0514 e. The molecule has 0 radical (unpaired) electrons. The molecule has 3 nitrogen and oxygen atoms in total. The molecule has 2 aromatic heterocycles. The summed E-state index contributed by atoms with van der Waals surface area (Å²) in [5, 5.41) is 2.77. The number of benzene rings is 3. The molecule has 2 unspecified atom stereocenters. The highest BCUT2D eigenvalue weighted by Gasteiger charge is 2.40. The maximum Gasteiger partial charge on any atom is 0.0514 e. The molecule has 0 amide bonds. The van der Waals surface area contributed by atoms with Gasteiger partial charge in [-0.1, -0.05) is 78.9 Å². The topological polar surface area (TPSA) is 13.1 Å². The Labute approximate surface area is 300 Å². The number of nitrogens with zero attached hydrogens (tertiary/aromatic N) is 3. The van der Waals surface area contributed by atoms with Crippen LogP contribution >= 0.6 is 0 Å². The van der Waals surface area contributed by atoms with Crippen LogP contribution < -0.4 is 0 Å². The van der Waals surface area contributed by atoms with Gasteiger partial charge in [0.1, 0.15) is 0 Å². The summed E-state index contributed by atoms with van der Waals surface area (Å²) < 4.78 is 5.17. The summed E-state index contributed by atoms with van der Waals surface area (Å²) >= 11 is 0. The van der Waals surface area contributed by atoms with Crippen LogP contribution in [-0.2, 0) is 12.8 Å². The van der Waals surface area contributed by atoms with Gasteiger partial charge in [0.2, 0.25) is 0 Å². The largest absolute Gasteiger partial charge is 0.337 e. The molecule has 5 aromatic rings. The van der Waals surface area contributed by atoms with Gasteiger partial charge >= 0.3 is 0 Å². The summed E-state index contributed by atoms with van der Waals surface area (Å²) in [5.41, 5.74) is 18.7. The van der Waals surface area contributed by atoms with Gasteiger partial charge in [0.25, 0.3) is 0 Å². The van der Waals surface area contributed by atoms with E-state index in [2.05, 4.69) is 142 Å². The minimum Gasteiger partial charge on any atom is -0.337 e. The fourth-order valence-electron chi connectivity index (χ4n) is 10.3. The molecule has 3 heterocycles. The van der Waals surface area contributed by atoms with Crippen molar-refractivity contribution < 1.29 is 0 Å². The van der Waals surface area contributed by atoms with Crippen molar-refractivity contribution in [1.82, 2.24) is 14.0 Å². The summed E-state index contributed by atoms with van der Waals surface area (Å²) in [6, 6.07) is 27.9. The van der Waals surface area contributed by atoms with Crippen LogP contribution in [0.4, 0.5) is 0 Å². The number of hydrogen-bond acceptors (Lipinski definition) is 1. The van der Waals surface area contributed by atoms with E-state index in [0.717, 1.165) is 51.4 Å². The lowest BCUT2D eigenvalue weighted by Gasteiger charge is -2.32. The number of hydrogen-bond donors (Lipinski definition) is 0. The summed E-state index contributed by atoms with van der Waals surface area (Å²) in [7, 11) is 0. The van der Waals surface area contributed by atoms with Gasteiger partial charge in [0.05, 0.1) is 5.69 Å². The lowest BCUT2D eigenvalue weighted by atomic mass is 9.83. The van der Waals surface area contributed by atoms with Crippen LogP contribution in [0, 0.1) is 5.92 Å². The van der Waals surface area contributed by atoms with E-state index in [4.69, 9.17) is 0 Å². The first kappa shape index (κ1) is 29.5. The minimum atomic E-state index is 0.391. The quantitative estimate of drug-likeness (QED) is 0.175. The molecule has 5 aliphatic carbocycles. The Balaban J connectivity index is 1.01. The fraction of sp³-hybridized carbons (Fsp3) is 0.250. The van der Waals surface area contributed by atoms with Gasteiger partial charge < -0.3 is 14.0 Å². The molecule has 6 aliphatic rings. The van der Waals surface area contributed by atoms with E-state index < -0.39 is 0 Å². The second-order valence-corrected chi connectivity index (χ2v) is 15.3. The molecule has 0 saturated heterocycles. The molecule has 3 aromatic carbocycles. The normalized spacial score (nSPS) is 22.1. The highest BCUT2D eigenvalue weighted by Crippen LogP contribution is 2.52. The van der Waals surface area contributed by atoms with Gasteiger partial charge in [0, 0.05) is 62.2 Å². The molecule has 11 rings (SSSR count). The van der Waals surface area contributed by atoms with Crippen LogP contribution in [0.5, 0.6) is 0 Å². The SMILES string of the molecule is C1=CC2=C(CC1)N(C1=Cc3c(c4c(n3-c3ccccc3)C=CCC4)CC1)C1=CC=C(c3ccc4c(c3)c3ccccc3n4C3CC=CCC3)CC12. The van der Waals surface area contributed by atoms with Gasteiger partial charge in [-0.15, -0.1) is 0 Å². The zero-order valence-electron chi connectivity index (χ0n) is 29.2. The van der Waals surface area contributed by atoms with Crippen LogP contribution in [0.25, 0.3) is 45.2 Å². The molecule has 0 N–H and O–H groups in total. The number of allylic oxidation sites excluding steroid dienone is 11. The van der Waals surface area contributed by atoms with Crippen LogP contribution in [0.15, 0.2) is 138 Å². The lowest BCUT2D eigenvalue weighted by Crippen LogP contribution is -2.23. The van der Waals surface area contributed by atoms with Gasteiger partial charge in [-0.2, -0.15) is 0 Å². The van der Waals surface area contributed by atoms with Crippen LogP contribution in [0.1, 0.15) is 85.5 Å². The van der Waals surface area contributed by atoms with Crippen molar-refractivity contribution in [2.75, 3.05) is 0 Å².